The molecule has 7 heteroatoms. The summed E-state index contributed by atoms with van der Waals surface area (Å²) in [6.07, 6.45) is 2.51. The number of rotatable bonds is 5. The van der Waals surface area contributed by atoms with Crippen LogP contribution in [0.5, 0.6) is 5.75 Å². The van der Waals surface area contributed by atoms with Crippen LogP contribution in [0.15, 0.2) is 48.8 Å². The number of ether oxygens (including phenoxy) is 1. The number of likely N-dealkylation sites (N-methyl/N-ethyl adjacent to an activating group) is 1. The smallest absolute Gasteiger partial charge is 0.280 e. The largest absolute Gasteiger partial charge is 0.466 e. The van der Waals surface area contributed by atoms with Crippen LogP contribution in [0.1, 0.15) is 18.9 Å². The Balaban J connectivity index is 1.40. The molecule has 1 aliphatic rings. The molecule has 2 aromatic carbocycles. The second-order valence-electron chi connectivity index (χ2n) is 7.51. The molecule has 0 fully saturated rings. The number of imidazole rings is 1. The molecule has 2 amide bonds. The second kappa shape index (κ2) is 7.24. The number of amides is 2. The molecule has 3 aromatic rings. The molecule has 0 radical (unpaired) electrons. The zero-order valence-electron chi connectivity index (χ0n) is 16.8. The van der Waals surface area contributed by atoms with Crippen molar-refractivity contribution in [3.8, 4) is 5.75 Å². The fourth-order valence-electron chi connectivity index (χ4n) is 3.62. The normalized spacial score (nSPS) is 18.4. The van der Waals surface area contributed by atoms with E-state index in [2.05, 4.69) is 14.9 Å². The third kappa shape index (κ3) is 3.33. The van der Waals surface area contributed by atoms with Crippen LogP contribution in [-0.4, -0.2) is 40.6 Å². The first kappa shape index (κ1) is 19.0. The van der Waals surface area contributed by atoms with Gasteiger partial charge in [0.25, 0.3) is 17.4 Å². The number of hydrogen-bond acceptors (Lipinski definition) is 4. The Kier molecular flexibility index (Phi) is 4.74. The fraction of sp³-hybridized carbons (Fsp3) is 0.318. The lowest BCUT2D eigenvalue weighted by molar-refractivity contribution is -0.148. The van der Waals surface area contributed by atoms with Crippen LogP contribution >= 0.6 is 0 Å². The SMILES string of the molecule is Cc1ccc2c(c1)N(C)C(=O)C(C)(C(=O)NCCCn1cnc3ccccc31)O2. The molecule has 0 spiro atoms. The van der Waals surface area contributed by atoms with Gasteiger partial charge in [-0.2, -0.15) is 0 Å². The van der Waals surface area contributed by atoms with Crippen molar-refractivity contribution in [3.05, 3.63) is 54.4 Å². The van der Waals surface area contributed by atoms with E-state index in [1.54, 1.807) is 19.4 Å². The van der Waals surface area contributed by atoms with Crippen molar-refractivity contribution in [2.45, 2.75) is 32.4 Å². The highest BCUT2D eigenvalue weighted by Gasteiger charge is 2.49. The van der Waals surface area contributed by atoms with Gasteiger partial charge >= 0.3 is 0 Å². The van der Waals surface area contributed by atoms with Gasteiger partial charge in [-0.15, -0.1) is 0 Å². The number of aromatic nitrogens is 2. The Morgan fingerprint density at radius 2 is 2.03 bits per heavy atom. The number of para-hydroxylation sites is 2. The number of hydrogen-bond donors (Lipinski definition) is 1. The summed E-state index contributed by atoms with van der Waals surface area (Å²) in [4.78, 5) is 31.5. The maximum atomic E-state index is 12.9. The molecule has 0 bridgehead atoms. The topological polar surface area (TPSA) is 76.5 Å². The molecule has 1 atom stereocenters. The molecule has 0 saturated carbocycles. The van der Waals surface area contributed by atoms with Gasteiger partial charge in [-0.1, -0.05) is 18.2 Å². The van der Waals surface area contributed by atoms with Gasteiger partial charge in [0.1, 0.15) is 5.75 Å². The van der Waals surface area contributed by atoms with Crippen LogP contribution in [-0.2, 0) is 16.1 Å². The van der Waals surface area contributed by atoms with Crippen LogP contribution in [0, 0.1) is 6.92 Å². The van der Waals surface area contributed by atoms with E-state index in [0.29, 0.717) is 30.9 Å². The highest BCUT2D eigenvalue weighted by atomic mass is 16.5. The number of benzene rings is 2. The van der Waals surface area contributed by atoms with E-state index in [9.17, 15) is 9.59 Å². The summed E-state index contributed by atoms with van der Waals surface area (Å²) in [5, 5.41) is 2.85. The summed E-state index contributed by atoms with van der Waals surface area (Å²) in [6, 6.07) is 13.5. The summed E-state index contributed by atoms with van der Waals surface area (Å²) >= 11 is 0. The van der Waals surface area contributed by atoms with Crippen molar-refractivity contribution in [1.29, 1.82) is 0 Å². The second-order valence-corrected chi connectivity index (χ2v) is 7.51. The highest BCUT2D eigenvalue weighted by molar-refractivity contribution is 6.16. The van der Waals surface area contributed by atoms with Crippen LogP contribution in [0.3, 0.4) is 0 Å². The van der Waals surface area contributed by atoms with E-state index in [1.807, 2.05) is 43.3 Å². The minimum absolute atomic E-state index is 0.381. The van der Waals surface area contributed by atoms with Crippen molar-refractivity contribution in [3.63, 3.8) is 0 Å². The standard InChI is InChI=1S/C22H24N4O3/c1-15-9-10-19-18(13-15)25(3)21(28)22(2,29-19)20(27)23-11-6-12-26-14-24-16-7-4-5-8-17(16)26/h4-5,7-10,13-14H,6,11-12H2,1-3H3,(H,23,27). The van der Waals surface area contributed by atoms with E-state index < -0.39 is 11.5 Å². The molecule has 4 rings (SSSR count). The Bertz CT molecular complexity index is 1090. The minimum Gasteiger partial charge on any atom is -0.466 e. The maximum Gasteiger partial charge on any atom is 0.280 e. The monoisotopic (exact) mass is 392 g/mol. The average molecular weight is 392 g/mol. The lowest BCUT2D eigenvalue weighted by Gasteiger charge is -2.38. The molecule has 2 heterocycles. The summed E-state index contributed by atoms with van der Waals surface area (Å²) in [5.41, 5.74) is 2.12. The van der Waals surface area contributed by atoms with Crippen LogP contribution in [0.4, 0.5) is 5.69 Å². The van der Waals surface area contributed by atoms with E-state index in [-0.39, 0.29) is 5.91 Å². The zero-order chi connectivity index (χ0) is 20.6. The Hall–Kier alpha value is -3.35. The van der Waals surface area contributed by atoms with Crippen molar-refractivity contribution >= 4 is 28.5 Å². The van der Waals surface area contributed by atoms with E-state index >= 15 is 0 Å². The Morgan fingerprint density at radius 3 is 2.86 bits per heavy atom. The van der Waals surface area contributed by atoms with Crippen LogP contribution in [0.25, 0.3) is 11.0 Å². The number of anilines is 1. The molecule has 7 nitrogen and oxygen atoms in total. The quantitative estimate of drug-likeness (QED) is 0.535. The lowest BCUT2D eigenvalue weighted by Crippen LogP contribution is -2.61. The summed E-state index contributed by atoms with van der Waals surface area (Å²) in [7, 11) is 1.67. The molecule has 1 aromatic heterocycles. The first-order valence-electron chi connectivity index (χ1n) is 9.66. The van der Waals surface area contributed by atoms with Crippen LogP contribution in [0.2, 0.25) is 0 Å². The number of nitrogens with one attached hydrogen (secondary N) is 1. The third-order valence-corrected chi connectivity index (χ3v) is 5.32. The summed E-state index contributed by atoms with van der Waals surface area (Å²) in [5.74, 6) is -0.287. The summed E-state index contributed by atoms with van der Waals surface area (Å²) < 4.78 is 7.91. The van der Waals surface area contributed by atoms with Crippen molar-refractivity contribution in [2.75, 3.05) is 18.5 Å². The molecule has 1 unspecified atom stereocenters. The van der Waals surface area contributed by atoms with Gasteiger partial charge in [-0.25, -0.2) is 4.98 Å². The minimum atomic E-state index is -1.58. The molecule has 0 saturated heterocycles. The lowest BCUT2D eigenvalue weighted by atomic mass is 10.00. The van der Waals surface area contributed by atoms with Gasteiger partial charge < -0.3 is 19.5 Å². The van der Waals surface area contributed by atoms with Crippen LogP contribution < -0.4 is 15.0 Å². The van der Waals surface area contributed by atoms with Gasteiger partial charge in [0.2, 0.25) is 0 Å². The molecular weight excluding hydrogens is 368 g/mol. The summed E-state index contributed by atoms with van der Waals surface area (Å²) in [6.45, 7) is 4.62. The van der Waals surface area contributed by atoms with Gasteiger partial charge in [0, 0.05) is 20.1 Å². The first-order chi connectivity index (χ1) is 13.9. The van der Waals surface area contributed by atoms with Crippen molar-refractivity contribution in [1.82, 2.24) is 14.9 Å². The molecule has 0 aliphatic carbocycles. The average Bonchev–Trinajstić information content (AvgIpc) is 3.13. The van der Waals surface area contributed by atoms with E-state index in [1.165, 1.54) is 11.8 Å². The third-order valence-electron chi connectivity index (χ3n) is 5.32. The fourth-order valence-corrected chi connectivity index (χ4v) is 3.62. The van der Waals surface area contributed by atoms with Gasteiger partial charge in [-0.3, -0.25) is 9.59 Å². The van der Waals surface area contributed by atoms with E-state index in [0.717, 1.165) is 16.6 Å². The zero-order valence-corrected chi connectivity index (χ0v) is 16.8. The highest BCUT2D eigenvalue weighted by Crippen LogP contribution is 2.37. The Morgan fingerprint density at radius 1 is 1.24 bits per heavy atom. The number of fused-ring (bicyclic) bond motifs is 2. The predicted molar refractivity (Wildman–Crippen MR) is 111 cm³/mol. The maximum absolute atomic E-state index is 12.9. The first-order valence-corrected chi connectivity index (χ1v) is 9.66. The molecule has 29 heavy (non-hydrogen) atoms. The molecule has 1 aliphatic heterocycles. The van der Waals surface area contributed by atoms with Crippen molar-refractivity contribution in [2.24, 2.45) is 0 Å². The number of carbonyl (C=O) groups is 2. The molecule has 150 valence electrons. The van der Waals surface area contributed by atoms with E-state index in [4.69, 9.17) is 4.74 Å². The number of nitrogens with zero attached hydrogens (tertiary/aromatic N) is 3. The molecule has 1 N–H and O–H groups in total. The predicted octanol–water partition coefficient (Wildman–Crippen LogP) is 2.67. The van der Waals surface area contributed by atoms with Gasteiger partial charge in [0.15, 0.2) is 0 Å². The number of aryl methyl sites for hydroxylation is 2. The van der Waals surface area contributed by atoms with Crippen molar-refractivity contribution < 1.29 is 14.3 Å². The number of carbonyl (C=O) groups excluding carboxylic acids is 2. The molecular formula is C22H24N4O3. The Labute approximate surface area is 169 Å². The van der Waals surface area contributed by atoms with Gasteiger partial charge in [-0.05, 0) is 50.1 Å². The van der Waals surface area contributed by atoms with Gasteiger partial charge in [0.05, 0.1) is 23.0 Å².